The third-order valence-electron chi connectivity index (χ3n) is 3.64. The van der Waals surface area contributed by atoms with E-state index in [9.17, 15) is 8.42 Å². The van der Waals surface area contributed by atoms with Gasteiger partial charge in [-0.25, -0.2) is 8.42 Å². The number of nitrogens with one attached hydrogen (secondary N) is 2. The number of halogens is 1. The van der Waals surface area contributed by atoms with E-state index in [1.807, 2.05) is 13.0 Å². The highest BCUT2D eigenvalue weighted by molar-refractivity contribution is 14.0. The Morgan fingerprint density at radius 2 is 1.88 bits per heavy atom. The Kier molecular flexibility index (Phi) is 9.35. The van der Waals surface area contributed by atoms with E-state index < -0.39 is 9.84 Å². The van der Waals surface area contributed by atoms with E-state index in [2.05, 4.69) is 27.8 Å². The lowest BCUT2D eigenvalue weighted by Crippen LogP contribution is -2.42. The van der Waals surface area contributed by atoms with Crippen LogP contribution in [0.2, 0.25) is 0 Å². The average molecular weight is 463 g/mol. The van der Waals surface area contributed by atoms with Crippen LogP contribution in [0, 0.1) is 0 Å². The van der Waals surface area contributed by atoms with Crippen LogP contribution in [-0.4, -0.2) is 39.3 Å². The predicted molar refractivity (Wildman–Crippen MR) is 110 cm³/mol. The van der Waals surface area contributed by atoms with Crippen molar-refractivity contribution in [3.8, 4) is 0 Å². The predicted octanol–water partition coefficient (Wildman–Crippen LogP) is 2.74. The van der Waals surface area contributed by atoms with Gasteiger partial charge in [0.05, 0.1) is 10.6 Å². The second kappa shape index (κ2) is 10.7. The van der Waals surface area contributed by atoms with Crippen LogP contribution in [-0.2, 0) is 9.84 Å². The van der Waals surface area contributed by atoms with Gasteiger partial charge in [0.2, 0.25) is 0 Å². The molecule has 1 aromatic carbocycles. The molecule has 1 aromatic rings. The highest BCUT2D eigenvalue weighted by atomic mass is 127. The highest BCUT2D eigenvalue weighted by Crippen LogP contribution is 2.11. The molecular formula is C17H26IN3O2S. The van der Waals surface area contributed by atoms with E-state index in [0.717, 1.165) is 25.3 Å². The third-order valence-corrected chi connectivity index (χ3v) is 5.45. The van der Waals surface area contributed by atoms with Crippen molar-refractivity contribution in [3.63, 3.8) is 0 Å². The molecule has 0 bridgehead atoms. The van der Waals surface area contributed by atoms with Gasteiger partial charge < -0.3 is 10.6 Å². The zero-order valence-electron chi connectivity index (χ0n) is 13.9. The summed E-state index contributed by atoms with van der Waals surface area (Å²) in [6.45, 7) is 3.29. The summed E-state index contributed by atoms with van der Waals surface area (Å²) in [5.41, 5.74) is 0. The minimum absolute atomic E-state index is 0. The van der Waals surface area contributed by atoms with Crippen molar-refractivity contribution >= 4 is 39.8 Å². The van der Waals surface area contributed by atoms with Crippen molar-refractivity contribution in [1.82, 2.24) is 10.6 Å². The Bertz CT molecular complexity index is 637. The first-order chi connectivity index (χ1) is 11.1. The van der Waals surface area contributed by atoms with Crippen LogP contribution in [0.1, 0.15) is 26.2 Å². The van der Waals surface area contributed by atoms with Crippen LogP contribution in [0.15, 0.2) is 52.4 Å². The summed E-state index contributed by atoms with van der Waals surface area (Å²) in [6.07, 6.45) is 6.84. The van der Waals surface area contributed by atoms with Crippen molar-refractivity contribution in [1.29, 1.82) is 0 Å². The molecule has 0 saturated heterocycles. The van der Waals surface area contributed by atoms with E-state index in [4.69, 9.17) is 0 Å². The largest absolute Gasteiger partial charge is 0.357 e. The lowest BCUT2D eigenvalue weighted by atomic mass is 10.2. The maximum atomic E-state index is 12.2. The monoisotopic (exact) mass is 463 g/mol. The number of nitrogens with zero attached hydrogens (tertiary/aromatic N) is 1. The molecule has 5 nitrogen and oxygen atoms in total. The molecule has 0 aliphatic heterocycles. The van der Waals surface area contributed by atoms with Crippen LogP contribution < -0.4 is 10.6 Å². The fraction of sp³-hybridized carbons (Fsp3) is 0.471. The first-order valence-electron chi connectivity index (χ1n) is 8.09. The molecule has 0 unspecified atom stereocenters. The van der Waals surface area contributed by atoms with Gasteiger partial charge in [-0.15, -0.1) is 24.0 Å². The van der Waals surface area contributed by atoms with Crippen molar-refractivity contribution < 1.29 is 8.42 Å². The smallest absolute Gasteiger partial charge is 0.191 e. The van der Waals surface area contributed by atoms with Crippen molar-refractivity contribution in [2.75, 3.05) is 18.8 Å². The van der Waals surface area contributed by atoms with Gasteiger partial charge >= 0.3 is 0 Å². The normalized spacial score (nSPS) is 15.1. The molecule has 2 N–H and O–H groups in total. The van der Waals surface area contributed by atoms with Gasteiger partial charge in [-0.05, 0) is 38.3 Å². The van der Waals surface area contributed by atoms with E-state index in [1.165, 1.54) is 0 Å². The standard InChI is InChI=1S/C17H25N3O2S.HI/c1-2-18-17(20-15-9-6-7-10-15)19-13-8-14-23(21,22)16-11-4-3-5-12-16;/h3-7,11-12,15H,2,8-10,13-14H2,1H3,(H2,18,19,20);1H. The molecule has 134 valence electrons. The summed E-state index contributed by atoms with van der Waals surface area (Å²) in [5, 5.41) is 6.57. The van der Waals surface area contributed by atoms with Gasteiger partial charge in [0.25, 0.3) is 0 Å². The Hall–Kier alpha value is -1.09. The zero-order chi connectivity index (χ0) is 16.5. The number of hydrogen-bond acceptors (Lipinski definition) is 3. The van der Waals surface area contributed by atoms with Crippen LogP contribution in [0.25, 0.3) is 0 Å². The topological polar surface area (TPSA) is 70.6 Å². The van der Waals surface area contributed by atoms with Gasteiger partial charge in [0, 0.05) is 19.1 Å². The van der Waals surface area contributed by atoms with Gasteiger partial charge in [0.15, 0.2) is 15.8 Å². The van der Waals surface area contributed by atoms with E-state index in [1.54, 1.807) is 24.3 Å². The summed E-state index contributed by atoms with van der Waals surface area (Å²) in [7, 11) is -3.21. The molecule has 0 aromatic heterocycles. The van der Waals surface area contributed by atoms with Gasteiger partial charge in [-0.3, -0.25) is 4.99 Å². The molecule has 0 spiro atoms. The summed E-state index contributed by atoms with van der Waals surface area (Å²) in [4.78, 5) is 4.86. The number of guanidine groups is 1. The maximum Gasteiger partial charge on any atom is 0.191 e. The number of rotatable bonds is 7. The average Bonchev–Trinajstić information content (AvgIpc) is 3.05. The SMILES string of the molecule is CCNC(=NCCCS(=O)(=O)c1ccccc1)NC1CC=CC1.I. The summed E-state index contributed by atoms with van der Waals surface area (Å²) < 4.78 is 24.4. The fourth-order valence-electron chi connectivity index (χ4n) is 2.44. The van der Waals surface area contributed by atoms with Crippen LogP contribution in [0.3, 0.4) is 0 Å². The number of hydrogen-bond donors (Lipinski definition) is 2. The molecule has 1 aliphatic rings. The van der Waals surface area contributed by atoms with Gasteiger partial charge in [-0.2, -0.15) is 0 Å². The van der Waals surface area contributed by atoms with Crippen LogP contribution in [0.5, 0.6) is 0 Å². The van der Waals surface area contributed by atoms with Crippen molar-refractivity contribution in [3.05, 3.63) is 42.5 Å². The first kappa shape index (κ1) is 21.0. The first-order valence-corrected chi connectivity index (χ1v) is 9.74. The number of benzene rings is 1. The molecular weight excluding hydrogens is 437 g/mol. The molecule has 1 aliphatic carbocycles. The fourth-order valence-corrected chi connectivity index (χ4v) is 3.76. The van der Waals surface area contributed by atoms with E-state index in [-0.39, 0.29) is 29.7 Å². The molecule has 24 heavy (non-hydrogen) atoms. The third kappa shape index (κ3) is 6.80. The number of aliphatic imine (C=N–C) groups is 1. The molecule has 0 atom stereocenters. The van der Waals surface area contributed by atoms with Crippen LogP contribution >= 0.6 is 24.0 Å². The summed E-state index contributed by atoms with van der Waals surface area (Å²) in [5.74, 6) is 0.878. The Balaban J connectivity index is 0.00000288. The number of sulfone groups is 1. The molecule has 0 radical (unpaired) electrons. The Morgan fingerprint density at radius 3 is 2.50 bits per heavy atom. The summed E-state index contributed by atoms with van der Waals surface area (Å²) >= 11 is 0. The molecule has 2 rings (SSSR count). The molecule has 0 saturated carbocycles. The lowest BCUT2D eigenvalue weighted by Gasteiger charge is -2.16. The van der Waals surface area contributed by atoms with E-state index >= 15 is 0 Å². The molecule has 7 heteroatoms. The maximum absolute atomic E-state index is 12.2. The minimum Gasteiger partial charge on any atom is -0.357 e. The molecule has 0 heterocycles. The van der Waals surface area contributed by atoms with Crippen molar-refractivity contribution in [2.24, 2.45) is 4.99 Å². The lowest BCUT2D eigenvalue weighted by molar-refractivity contribution is 0.593. The Morgan fingerprint density at radius 1 is 1.21 bits per heavy atom. The van der Waals surface area contributed by atoms with Gasteiger partial charge in [0.1, 0.15) is 0 Å². The highest BCUT2D eigenvalue weighted by Gasteiger charge is 2.14. The Labute approximate surface area is 162 Å². The van der Waals surface area contributed by atoms with E-state index in [0.29, 0.717) is 23.9 Å². The second-order valence-electron chi connectivity index (χ2n) is 5.53. The minimum atomic E-state index is -3.21. The van der Waals surface area contributed by atoms with Crippen molar-refractivity contribution in [2.45, 2.75) is 37.1 Å². The molecule has 0 fully saturated rings. The zero-order valence-corrected chi connectivity index (χ0v) is 17.1. The summed E-state index contributed by atoms with van der Waals surface area (Å²) in [6, 6.07) is 8.96. The van der Waals surface area contributed by atoms with Crippen LogP contribution in [0.4, 0.5) is 0 Å². The second-order valence-corrected chi connectivity index (χ2v) is 7.64. The molecule has 0 amide bonds. The van der Waals surface area contributed by atoms with Gasteiger partial charge in [-0.1, -0.05) is 30.4 Å². The quantitative estimate of drug-likeness (QED) is 0.215.